The average Bonchev–Trinajstić information content (AvgIpc) is 2.67. The Morgan fingerprint density at radius 3 is 2.35 bits per heavy atom. The van der Waals surface area contributed by atoms with Gasteiger partial charge in [-0.2, -0.15) is 9.97 Å². The van der Waals surface area contributed by atoms with Gasteiger partial charge in [0.2, 0.25) is 11.8 Å². The lowest BCUT2D eigenvalue weighted by molar-refractivity contribution is 0.348. The number of hydrogen-bond donors (Lipinski definition) is 1. The summed E-state index contributed by atoms with van der Waals surface area (Å²) in [5.41, 5.74) is 1.87. The van der Waals surface area contributed by atoms with Crippen LogP contribution in [-0.2, 0) is 6.54 Å². The molecule has 0 aliphatic rings. The Hall–Kier alpha value is -2.99. The summed E-state index contributed by atoms with van der Waals surface area (Å²) >= 11 is 6.03. The van der Waals surface area contributed by atoms with Crippen molar-refractivity contribution in [3.8, 4) is 23.5 Å². The molecule has 0 spiro atoms. The van der Waals surface area contributed by atoms with Crippen molar-refractivity contribution in [2.45, 2.75) is 6.54 Å². The summed E-state index contributed by atoms with van der Waals surface area (Å²) in [6, 6.07) is 16.9. The van der Waals surface area contributed by atoms with Gasteiger partial charge in [-0.1, -0.05) is 35.9 Å². The van der Waals surface area contributed by atoms with Gasteiger partial charge in [0, 0.05) is 11.6 Å². The van der Waals surface area contributed by atoms with E-state index in [0.717, 1.165) is 11.3 Å². The first-order valence-electron chi connectivity index (χ1n) is 7.90. The molecule has 0 saturated heterocycles. The summed E-state index contributed by atoms with van der Waals surface area (Å²) in [5.74, 6) is 1.30. The molecule has 0 fully saturated rings. The Morgan fingerprint density at radius 1 is 0.923 bits per heavy atom. The predicted octanol–water partition coefficient (Wildman–Crippen LogP) is 4.55. The standard InChI is InChI=1S/C19H18ClN3O3/c1-24-17-11-18(25-2)23-19(22-17)26-16-9-4-3-8-15(16)21-12-13-6-5-7-14(20)10-13/h3-11,21H,12H2,1-2H3. The van der Waals surface area contributed by atoms with Crippen molar-refractivity contribution in [1.29, 1.82) is 0 Å². The molecule has 3 rings (SSSR count). The van der Waals surface area contributed by atoms with Crippen LogP contribution < -0.4 is 19.5 Å². The van der Waals surface area contributed by atoms with Gasteiger partial charge in [0.05, 0.1) is 26.0 Å². The maximum atomic E-state index is 6.03. The molecule has 1 N–H and O–H groups in total. The van der Waals surface area contributed by atoms with E-state index in [2.05, 4.69) is 15.3 Å². The van der Waals surface area contributed by atoms with Crippen molar-refractivity contribution >= 4 is 17.3 Å². The average molecular weight is 372 g/mol. The first kappa shape index (κ1) is 17.8. The van der Waals surface area contributed by atoms with E-state index < -0.39 is 0 Å². The summed E-state index contributed by atoms with van der Waals surface area (Å²) in [7, 11) is 3.04. The zero-order chi connectivity index (χ0) is 18.4. The maximum absolute atomic E-state index is 6.03. The second-order valence-electron chi connectivity index (χ2n) is 5.32. The SMILES string of the molecule is COc1cc(OC)nc(Oc2ccccc2NCc2cccc(Cl)c2)n1. The van der Waals surface area contributed by atoms with E-state index in [-0.39, 0.29) is 6.01 Å². The number of aromatic nitrogens is 2. The molecular formula is C19H18ClN3O3. The molecule has 0 radical (unpaired) electrons. The van der Waals surface area contributed by atoms with Crippen LogP contribution in [0.15, 0.2) is 54.6 Å². The highest BCUT2D eigenvalue weighted by Crippen LogP contribution is 2.30. The van der Waals surface area contributed by atoms with Crippen molar-refractivity contribution in [3.05, 3.63) is 65.2 Å². The predicted molar refractivity (Wildman–Crippen MR) is 100 cm³/mol. The van der Waals surface area contributed by atoms with E-state index in [0.29, 0.717) is 29.1 Å². The summed E-state index contributed by atoms with van der Waals surface area (Å²) in [6.07, 6.45) is 0. The van der Waals surface area contributed by atoms with E-state index in [1.807, 2.05) is 48.5 Å². The van der Waals surface area contributed by atoms with Crippen LogP contribution in [0.5, 0.6) is 23.5 Å². The van der Waals surface area contributed by atoms with Crippen LogP contribution in [0.3, 0.4) is 0 Å². The zero-order valence-electron chi connectivity index (χ0n) is 14.4. The van der Waals surface area contributed by atoms with Crippen LogP contribution in [0.4, 0.5) is 5.69 Å². The number of halogens is 1. The Kier molecular flexibility index (Phi) is 5.76. The van der Waals surface area contributed by atoms with E-state index >= 15 is 0 Å². The van der Waals surface area contributed by atoms with Gasteiger partial charge < -0.3 is 19.5 Å². The number of para-hydroxylation sites is 2. The minimum Gasteiger partial charge on any atom is -0.481 e. The maximum Gasteiger partial charge on any atom is 0.328 e. The lowest BCUT2D eigenvalue weighted by atomic mass is 10.2. The van der Waals surface area contributed by atoms with Gasteiger partial charge in [0.1, 0.15) is 0 Å². The largest absolute Gasteiger partial charge is 0.481 e. The van der Waals surface area contributed by atoms with Crippen molar-refractivity contribution in [2.75, 3.05) is 19.5 Å². The van der Waals surface area contributed by atoms with E-state index in [1.165, 1.54) is 14.2 Å². The minimum absolute atomic E-state index is 0.137. The fraction of sp³-hybridized carbons (Fsp3) is 0.158. The molecule has 0 aliphatic heterocycles. The molecule has 0 unspecified atom stereocenters. The number of nitrogens with zero attached hydrogens (tertiary/aromatic N) is 2. The fourth-order valence-corrected chi connectivity index (χ4v) is 2.50. The number of anilines is 1. The van der Waals surface area contributed by atoms with Gasteiger partial charge in [0.15, 0.2) is 5.75 Å². The molecule has 0 amide bonds. The fourth-order valence-electron chi connectivity index (χ4n) is 2.28. The first-order valence-corrected chi connectivity index (χ1v) is 8.28. The lowest BCUT2D eigenvalue weighted by Crippen LogP contribution is -2.02. The molecule has 7 heteroatoms. The second-order valence-corrected chi connectivity index (χ2v) is 5.75. The van der Waals surface area contributed by atoms with Gasteiger partial charge >= 0.3 is 6.01 Å². The van der Waals surface area contributed by atoms with Crippen LogP contribution in [0.1, 0.15) is 5.56 Å². The van der Waals surface area contributed by atoms with E-state index in [4.69, 9.17) is 25.8 Å². The third-order valence-corrected chi connectivity index (χ3v) is 3.77. The molecule has 1 heterocycles. The van der Waals surface area contributed by atoms with Crippen LogP contribution in [0.2, 0.25) is 5.02 Å². The normalized spacial score (nSPS) is 10.3. The van der Waals surface area contributed by atoms with Gasteiger partial charge in [-0.15, -0.1) is 0 Å². The van der Waals surface area contributed by atoms with Crippen molar-refractivity contribution in [2.24, 2.45) is 0 Å². The van der Waals surface area contributed by atoms with Crippen molar-refractivity contribution in [1.82, 2.24) is 9.97 Å². The molecule has 0 atom stereocenters. The summed E-state index contributed by atoms with van der Waals surface area (Å²) in [6.45, 7) is 0.600. The molecule has 2 aromatic carbocycles. The van der Waals surface area contributed by atoms with E-state index in [9.17, 15) is 0 Å². The number of rotatable bonds is 7. The summed E-state index contributed by atoms with van der Waals surface area (Å²) in [4.78, 5) is 8.37. The monoisotopic (exact) mass is 371 g/mol. The first-order chi connectivity index (χ1) is 12.7. The van der Waals surface area contributed by atoms with Gasteiger partial charge in [-0.25, -0.2) is 0 Å². The van der Waals surface area contributed by atoms with Crippen molar-refractivity contribution in [3.63, 3.8) is 0 Å². The highest BCUT2D eigenvalue weighted by molar-refractivity contribution is 6.30. The van der Waals surface area contributed by atoms with Crippen LogP contribution in [0, 0.1) is 0 Å². The van der Waals surface area contributed by atoms with Gasteiger partial charge in [-0.05, 0) is 29.8 Å². The third-order valence-electron chi connectivity index (χ3n) is 3.54. The topological polar surface area (TPSA) is 65.5 Å². The zero-order valence-corrected chi connectivity index (χ0v) is 15.2. The van der Waals surface area contributed by atoms with Gasteiger partial charge in [-0.3, -0.25) is 0 Å². The second kappa shape index (κ2) is 8.40. The van der Waals surface area contributed by atoms with Crippen LogP contribution in [-0.4, -0.2) is 24.2 Å². The number of hydrogen-bond acceptors (Lipinski definition) is 6. The Bertz CT molecular complexity index is 867. The summed E-state index contributed by atoms with van der Waals surface area (Å²) < 4.78 is 16.1. The highest BCUT2D eigenvalue weighted by Gasteiger charge is 2.10. The Morgan fingerprint density at radius 2 is 1.65 bits per heavy atom. The van der Waals surface area contributed by atoms with Crippen LogP contribution >= 0.6 is 11.6 Å². The molecule has 0 saturated carbocycles. The molecule has 1 aromatic heterocycles. The lowest BCUT2D eigenvalue weighted by Gasteiger charge is -2.13. The third kappa shape index (κ3) is 4.55. The van der Waals surface area contributed by atoms with Crippen LogP contribution in [0.25, 0.3) is 0 Å². The number of nitrogens with one attached hydrogen (secondary N) is 1. The molecule has 26 heavy (non-hydrogen) atoms. The quantitative estimate of drug-likeness (QED) is 0.657. The smallest absolute Gasteiger partial charge is 0.328 e. The number of methoxy groups -OCH3 is 2. The molecule has 134 valence electrons. The molecule has 6 nitrogen and oxygen atoms in total. The van der Waals surface area contributed by atoms with E-state index in [1.54, 1.807) is 6.07 Å². The summed E-state index contributed by atoms with van der Waals surface area (Å²) in [5, 5.41) is 4.03. The van der Waals surface area contributed by atoms with Crippen molar-refractivity contribution < 1.29 is 14.2 Å². The van der Waals surface area contributed by atoms with Gasteiger partial charge in [0.25, 0.3) is 0 Å². The highest BCUT2D eigenvalue weighted by atomic mass is 35.5. The Labute approximate surface area is 156 Å². The molecule has 0 aliphatic carbocycles. The number of benzene rings is 2. The number of ether oxygens (including phenoxy) is 3. The molecular weight excluding hydrogens is 354 g/mol. The Balaban J connectivity index is 1.79. The molecule has 0 bridgehead atoms. The molecule has 3 aromatic rings. The minimum atomic E-state index is 0.137.